The molecule has 1 aromatic heterocycles. The van der Waals surface area contributed by atoms with Crippen LogP contribution >= 0.6 is 0 Å². The fourth-order valence-electron chi connectivity index (χ4n) is 2.39. The van der Waals surface area contributed by atoms with Gasteiger partial charge in [0.2, 0.25) is 0 Å². The highest BCUT2D eigenvalue weighted by molar-refractivity contribution is 5.50. The fraction of sp³-hybridized carbons (Fsp3) is 0.750. The molecule has 0 atom stereocenters. The van der Waals surface area contributed by atoms with E-state index in [0.29, 0.717) is 18.6 Å². The smallest absolute Gasteiger partial charge is 0.135 e. The summed E-state index contributed by atoms with van der Waals surface area (Å²) in [5.41, 5.74) is 0. The fourth-order valence-corrected chi connectivity index (χ4v) is 2.39. The quantitative estimate of drug-likeness (QED) is 0.757. The van der Waals surface area contributed by atoms with Crippen molar-refractivity contribution in [2.45, 2.75) is 52.5 Å². The van der Waals surface area contributed by atoms with E-state index in [2.05, 4.69) is 42.9 Å². The van der Waals surface area contributed by atoms with Crippen LogP contribution in [0, 0.1) is 0 Å². The third kappa shape index (κ3) is 4.84. The maximum Gasteiger partial charge on any atom is 0.135 e. The van der Waals surface area contributed by atoms with Crippen molar-refractivity contribution in [3.8, 4) is 0 Å². The maximum absolute atomic E-state index is 5.27. The van der Waals surface area contributed by atoms with E-state index in [0.717, 1.165) is 36.8 Å². The molecule has 1 aromatic rings. The van der Waals surface area contributed by atoms with Gasteiger partial charge < -0.3 is 15.0 Å². The lowest BCUT2D eigenvalue weighted by atomic mass is 10.1. The van der Waals surface area contributed by atoms with Crippen LogP contribution in [0.3, 0.4) is 0 Å². The Balaban J connectivity index is 3.18. The Bertz CT molecular complexity index is 419. The minimum absolute atomic E-state index is 0.308. The van der Waals surface area contributed by atoms with Crippen molar-refractivity contribution < 1.29 is 4.74 Å². The molecule has 21 heavy (non-hydrogen) atoms. The first-order valence-corrected chi connectivity index (χ1v) is 7.89. The zero-order valence-corrected chi connectivity index (χ0v) is 14.3. The highest BCUT2D eigenvalue weighted by Gasteiger charge is 2.19. The van der Waals surface area contributed by atoms with Crippen LogP contribution in [0.25, 0.3) is 0 Å². The largest absolute Gasteiger partial charge is 0.383 e. The third-order valence-corrected chi connectivity index (χ3v) is 3.72. The van der Waals surface area contributed by atoms with Crippen molar-refractivity contribution in [2.24, 2.45) is 0 Å². The molecule has 0 bridgehead atoms. The first-order valence-electron chi connectivity index (χ1n) is 7.89. The molecular weight excluding hydrogens is 264 g/mol. The summed E-state index contributed by atoms with van der Waals surface area (Å²) >= 11 is 0. The number of anilines is 2. The molecule has 120 valence electrons. The first-order chi connectivity index (χ1) is 10.1. The summed E-state index contributed by atoms with van der Waals surface area (Å²) in [4.78, 5) is 11.7. The average molecular weight is 294 g/mol. The highest BCUT2D eigenvalue weighted by atomic mass is 16.5. The van der Waals surface area contributed by atoms with Gasteiger partial charge in [0, 0.05) is 38.7 Å². The van der Waals surface area contributed by atoms with E-state index in [1.165, 1.54) is 0 Å². The summed E-state index contributed by atoms with van der Waals surface area (Å²) in [7, 11) is 3.64. The standard InChI is InChI=1S/C16H30N4O/c1-7-13(8-2)20(9-10-21-6)15-11-14(17-5)18-16(19-15)12(3)4/h11-13H,7-10H2,1-6H3,(H,17,18,19). The van der Waals surface area contributed by atoms with Crippen LogP contribution in [0.1, 0.15) is 52.3 Å². The first kappa shape index (κ1) is 17.7. The van der Waals surface area contributed by atoms with Gasteiger partial charge in [-0.2, -0.15) is 0 Å². The normalized spacial score (nSPS) is 11.2. The number of hydrogen-bond donors (Lipinski definition) is 1. The number of rotatable bonds is 9. The monoisotopic (exact) mass is 294 g/mol. The van der Waals surface area contributed by atoms with Gasteiger partial charge >= 0.3 is 0 Å². The van der Waals surface area contributed by atoms with Gasteiger partial charge in [0.15, 0.2) is 0 Å². The van der Waals surface area contributed by atoms with E-state index < -0.39 is 0 Å². The second-order valence-electron chi connectivity index (χ2n) is 5.53. The summed E-state index contributed by atoms with van der Waals surface area (Å²) in [6.45, 7) is 10.2. The van der Waals surface area contributed by atoms with Crippen LogP contribution in [0.4, 0.5) is 11.6 Å². The Hall–Kier alpha value is -1.36. The molecule has 0 unspecified atom stereocenters. The molecule has 0 aliphatic carbocycles. The van der Waals surface area contributed by atoms with E-state index in [9.17, 15) is 0 Å². The van der Waals surface area contributed by atoms with Gasteiger partial charge in [0.25, 0.3) is 0 Å². The zero-order chi connectivity index (χ0) is 15.8. The minimum atomic E-state index is 0.308. The van der Waals surface area contributed by atoms with Gasteiger partial charge in [-0.3, -0.25) is 0 Å². The Morgan fingerprint density at radius 3 is 2.38 bits per heavy atom. The van der Waals surface area contributed by atoms with Gasteiger partial charge in [0.1, 0.15) is 17.5 Å². The minimum Gasteiger partial charge on any atom is -0.383 e. The number of aromatic nitrogens is 2. The van der Waals surface area contributed by atoms with Crippen LogP contribution in [-0.4, -0.2) is 43.3 Å². The van der Waals surface area contributed by atoms with Crippen LogP contribution < -0.4 is 10.2 Å². The third-order valence-electron chi connectivity index (χ3n) is 3.72. The summed E-state index contributed by atoms with van der Waals surface area (Å²) < 4.78 is 5.27. The van der Waals surface area contributed by atoms with E-state index in [1.54, 1.807) is 7.11 Å². The molecule has 1 N–H and O–H groups in total. The molecule has 0 saturated carbocycles. The topological polar surface area (TPSA) is 50.3 Å². The van der Waals surface area contributed by atoms with Crippen molar-refractivity contribution >= 4 is 11.6 Å². The lowest BCUT2D eigenvalue weighted by Crippen LogP contribution is -2.38. The Labute approximate surface area is 129 Å². The Kier molecular flexibility index (Phi) is 7.43. The zero-order valence-electron chi connectivity index (χ0n) is 14.3. The molecule has 0 aliphatic heterocycles. The number of nitrogens with zero attached hydrogens (tertiary/aromatic N) is 3. The maximum atomic E-state index is 5.27. The van der Waals surface area contributed by atoms with Crippen LogP contribution in [0.15, 0.2) is 6.07 Å². The number of hydrogen-bond acceptors (Lipinski definition) is 5. The van der Waals surface area contributed by atoms with E-state index in [4.69, 9.17) is 9.72 Å². The van der Waals surface area contributed by atoms with Crippen molar-refractivity contribution in [3.05, 3.63) is 11.9 Å². The molecule has 1 rings (SSSR count). The van der Waals surface area contributed by atoms with Crippen molar-refractivity contribution in [3.63, 3.8) is 0 Å². The molecule has 5 nitrogen and oxygen atoms in total. The predicted octanol–water partition coefficient (Wildman–Crippen LogP) is 3.28. The molecule has 0 fully saturated rings. The lowest BCUT2D eigenvalue weighted by Gasteiger charge is -2.32. The average Bonchev–Trinajstić information content (AvgIpc) is 2.50. The van der Waals surface area contributed by atoms with E-state index in [-0.39, 0.29) is 0 Å². The van der Waals surface area contributed by atoms with E-state index in [1.807, 2.05) is 13.1 Å². The van der Waals surface area contributed by atoms with Crippen molar-refractivity contribution in [1.29, 1.82) is 0 Å². The molecule has 0 spiro atoms. The molecule has 0 aromatic carbocycles. The molecule has 0 radical (unpaired) electrons. The van der Waals surface area contributed by atoms with Crippen LogP contribution in [0.5, 0.6) is 0 Å². The van der Waals surface area contributed by atoms with Crippen molar-refractivity contribution in [2.75, 3.05) is 37.5 Å². The number of ether oxygens (including phenoxy) is 1. The Morgan fingerprint density at radius 1 is 1.24 bits per heavy atom. The second kappa shape index (κ2) is 8.82. The Morgan fingerprint density at radius 2 is 1.90 bits per heavy atom. The van der Waals surface area contributed by atoms with Gasteiger partial charge in [-0.25, -0.2) is 9.97 Å². The predicted molar refractivity (Wildman–Crippen MR) is 89.3 cm³/mol. The molecular formula is C16H30N4O. The highest BCUT2D eigenvalue weighted by Crippen LogP contribution is 2.23. The summed E-state index contributed by atoms with van der Waals surface area (Å²) in [5, 5.41) is 3.14. The van der Waals surface area contributed by atoms with Gasteiger partial charge in [-0.15, -0.1) is 0 Å². The lowest BCUT2D eigenvalue weighted by molar-refractivity contribution is 0.202. The van der Waals surface area contributed by atoms with Crippen LogP contribution in [-0.2, 0) is 4.74 Å². The summed E-state index contributed by atoms with van der Waals surface area (Å²) in [6.07, 6.45) is 2.19. The number of methoxy groups -OCH3 is 1. The van der Waals surface area contributed by atoms with Crippen LogP contribution in [0.2, 0.25) is 0 Å². The summed E-state index contributed by atoms with van der Waals surface area (Å²) in [5.74, 6) is 3.05. The number of nitrogens with one attached hydrogen (secondary N) is 1. The van der Waals surface area contributed by atoms with Gasteiger partial charge in [0.05, 0.1) is 6.61 Å². The molecule has 0 amide bonds. The van der Waals surface area contributed by atoms with E-state index >= 15 is 0 Å². The van der Waals surface area contributed by atoms with Gasteiger partial charge in [-0.05, 0) is 12.8 Å². The van der Waals surface area contributed by atoms with Crippen molar-refractivity contribution in [1.82, 2.24) is 9.97 Å². The van der Waals surface area contributed by atoms with Gasteiger partial charge in [-0.1, -0.05) is 27.7 Å². The molecule has 5 heteroatoms. The summed E-state index contributed by atoms with van der Waals surface area (Å²) in [6, 6.07) is 2.50. The molecule has 0 aliphatic rings. The second-order valence-corrected chi connectivity index (χ2v) is 5.53. The molecule has 0 saturated heterocycles. The molecule has 1 heterocycles. The SMILES string of the molecule is CCC(CC)N(CCOC)c1cc(NC)nc(C(C)C)n1.